The monoisotopic (exact) mass is 359 g/mol. The number of nitrogens with zero attached hydrogens (tertiary/aromatic N) is 2. The standard InChI is InChI=1S/C20H14FN5O/c1-9-7-12-15(10-4-5-14(21)19-13(10)8-24-26-19)16(22)20(27)25-18(12)11-3-2-6-23-17(9)11/h2-8H,22H2,1H3,(H,24,26)(H,25,27). The molecule has 132 valence electrons. The highest BCUT2D eigenvalue weighted by atomic mass is 19.1. The van der Waals surface area contributed by atoms with Crippen LogP contribution in [-0.2, 0) is 0 Å². The third-order valence-corrected chi connectivity index (χ3v) is 4.94. The molecule has 6 nitrogen and oxygen atoms in total. The van der Waals surface area contributed by atoms with Gasteiger partial charge in [0.1, 0.15) is 17.0 Å². The Balaban J connectivity index is 2.03. The van der Waals surface area contributed by atoms with Crippen molar-refractivity contribution >= 4 is 38.4 Å². The summed E-state index contributed by atoms with van der Waals surface area (Å²) in [5, 5.41) is 8.78. The first-order chi connectivity index (χ1) is 13.1. The van der Waals surface area contributed by atoms with Crippen molar-refractivity contribution in [1.82, 2.24) is 20.2 Å². The average Bonchev–Trinajstić information content (AvgIpc) is 3.16. The van der Waals surface area contributed by atoms with Gasteiger partial charge in [0.2, 0.25) is 0 Å². The summed E-state index contributed by atoms with van der Waals surface area (Å²) in [7, 11) is 0. The highest BCUT2D eigenvalue weighted by Crippen LogP contribution is 2.38. The van der Waals surface area contributed by atoms with Crippen LogP contribution < -0.4 is 11.3 Å². The maximum Gasteiger partial charge on any atom is 0.272 e. The van der Waals surface area contributed by atoms with Crippen LogP contribution in [0.2, 0.25) is 0 Å². The molecule has 0 aliphatic heterocycles. The minimum absolute atomic E-state index is 0.0826. The lowest BCUT2D eigenvalue weighted by atomic mass is 9.94. The van der Waals surface area contributed by atoms with E-state index in [0.29, 0.717) is 22.0 Å². The zero-order valence-corrected chi connectivity index (χ0v) is 14.3. The number of pyridine rings is 2. The Hall–Kier alpha value is -3.74. The van der Waals surface area contributed by atoms with E-state index in [1.807, 2.05) is 25.1 Å². The zero-order valence-electron chi connectivity index (χ0n) is 14.3. The lowest BCUT2D eigenvalue weighted by molar-refractivity contribution is 0.636. The first kappa shape index (κ1) is 15.5. The summed E-state index contributed by atoms with van der Waals surface area (Å²) in [6, 6.07) is 8.65. The minimum atomic E-state index is -0.412. The highest BCUT2D eigenvalue weighted by Gasteiger charge is 2.19. The molecule has 0 spiro atoms. The third-order valence-electron chi connectivity index (χ3n) is 4.94. The van der Waals surface area contributed by atoms with Crippen LogP contribution in [0, 0.1) is 12.7 Å². The number of benzene rings is 2. The van der Waals surface area contributed by atoms with Crippen molar-refractivity contribution in [3.05, 3.63) is 64.5 Å². The van der Waals surface area contributed by atoms with E-state index in [1.54, 1.807) is 12.3 Å². The normalized spacial score (nSPS) is 11.6. The van der Waals surface area contributed by atoms with Crippen LogP contribution in [0.4, 0.5) is 10.1 Å². The van der Waals surface area contributed by atoms with Crippen LogP contribution >= 0.6 is 0 Å². The van der Waals surface area contributed by atoms with E-state index in [4.69, 9.17) is 5.73 Å². The zero-order chi connectivity index (χ0) is 18.7. The molecule has 3 aromatic heterocycles. The number of nitrogens with two attached hydrogens (primary N) is 1. The molecule has 27 heavy (non-hydrogen) atoms. The molecule has 5 rings (SSSR count). The van der Waals surface area contributed by atoms with Crippen molar-refractivity contribution in [1.29, 1.82) is 0 Å². The van der Waals surface area contributed by atoms with Gasteiger partial charge in [-0.2, -0.15) is 5.10 Å². The Kier molecular flexibility index (Phi) is 3.09. The summed E-state index contributed by atoms with van der Waals surface area (Å²) < 4.78 is 14.1. The van der Waals surface area contributed by atoms with Crippen LogP contribution in [0.25, 0.3) is 43.8 Å². The molecule has 5 aromatic rings. The van der Waals surface area contributed by atoms with E-state index in [0.717, 1.165) is 21.9 Å². The van der Waals surface area contributed by atoms with Crippen LogP contribution in [0.15, 0.2) is 47.5 Å². The fourth-order valence-corrected chi connectivity index (χ4v) is 3.70. The fourth-order valence-electron chi connectivity index (χ4n) is 3.70. The second-order valence-electron chi connectivity index (χ2n) is 6.51. The van der Waals surface area contributed by atoms with Crippen molar-refractivity contribution in [3.63, 3.8) is 0 Å². The molecule has 2 aromatic carbocycles. The maximum absolute atomic E-state index is 14.1. The summed E-state index contributed by atoms with van der Waals surface area (Å²) in [4.78, 5) is 19.9. The number of anilines is 1. The highest BCUT2D eigenvalue weighted by molar-refractivity contribution is 6.14. The number of nitrogen functional groups attached to an aromatic ring is 1. The molecule has 0 fully saturated rings. The van der Waals surface area contributed by atoms with Gasteiger partial charge in [0.25, 0.3) is 5.56 Å². The van der Waals surface area contributed by atoms with Crippen molar-refractivity contribution in [3.8, 4) is 11.1 Å². The van der Waals surface area contributed by atoms with Crippen molar-refractivity contribution in [2.45, 2.75) is 6.92 Å². The molecule has 0 saturated carbocycles. The van der Waals surface area contributed by atoms with Crippen LogP contribution in [0.1, 0.15) is 5.56 Å². The molecule has 0 amide bonds. The van der Waals surface area contributed by atoms with Gasteiger partial charge in [-0.1, -0.05) is 6.07 Å². The van der Waals surface area contributed by atoms with Crippen LogP contribution in [0.5, 0.6) is 0 Å². The Labute approximate surface area is 151 Å². The number of nitrogens with one attached hydrogen (secondary N) is 2. The number of aryl methyl sites for hydroxylation is 1. The largest absolute Gasteiger partial charge is 0.394 e. The maximum atomic E-state index is 14.1. The summed E-state index contributed by atoms with van der Waals surface area (Å²) in [5.74, 6) is -0.412. The van der Waals surface area contributed by atoms with E-state index in [1.165, 1.54) is 12.3 Å². The molecule has 3 heterocycles. The third kappa shape index (κ3) is 2.08. The quantitative estimate of drug-likeness (QED) is 0.398. The Morgan fingerprint density at radius 3 is 2.81 bits per heavy atom. The van der Waals surface area contributed by atoms with Crippen LogP contribution in [-0.4, -0.2) is 20.2 Å². The first-order valence-electron chi connectivity index (χ1n) is 8.38. The van der Waals surface area contributed by atoms with E-state index >= 15 is 0 Å². The number of hydrogen-bond donors (Lipinski definition) is 3. The lowest BCUT2D eigenvalue weighted by Crippen LogP contribution is -2.14. The van der Waals surface area contributed by atoms with Gasteiger partial charge in [0.15, 0.2) is 0 Å². The number of hydrogen-bond acceptors (Lipinski definition) is 4. The molecule has 7 heteroatoms. The molecule has 0 aliphatic carbocycles. The summed E-state index contributed by atoms with van der Waals surface area (Å²) >= 11 is 0. The van der Waals surface area contributed by atoms with E-state index in [2.05, 4.69) is 20.2 Å². The topological polar surface area (TPSA) is 100 Å². The summed E-state index contributed by atoms with van der Waals surface area (Å²) in [6.07, 6.45) is 3.25. The van der Waals surface area contributed by atoms with Gasteiger partial charge in [0, 0.05) is 27.9 Å². The number of aromatic amines is 2. The Bertz CT molecular complexity index is 1430. The van der Waals surface area contributed by atoms with Gasteiger partial charge >= 0.3 is 0 Å². The second kappa shape index (κ2) is 5.38. The number of H-pyrrole nitrogens is 2. The molecule has 0 atom stereocenters. The van der Waals surface area contributed by atoms with Crippen LogP contribution in [0.3, 0.4) is 0 Å². The number of fused-ring (bicyclic) bond motifs is 4. The van der Waals surface area contributed by atoms with Crippen molar-refractivity contribution in [2.24, 2.45) is 0 Å². The van der Waals surface area contributed by atoms with Gasteiger partial charge in [-0.05, 0) is 42.3 Å². The second-order valence-corrected chi connectivity index (χ2v) is 6.51. The molecular formula is C20H14FN5O. The SMILES string of the molecule is Cc1cc2c(-c3ccc(F)c4[nH]ncc34)c(N)c(=O)[nH]c2c2cccnc12. The molecule has 0 bridgehead atoms. The van der Waals surface area contributed by atoms with Gasteiger partial charge in [-0.25, -0.2) is 4.39 Å². The number of rotatable bonds is 1. The molecule has 0 saturated heterocycles. The molecule has 0 radical (unpaired) electrons. The first-order valence-corrected chi connectivity index (χ1v) is 8.38. The van der Waals surface area contributed by atoms with Crippen molar-refractivity contribution in [2.75, 3.05) is 5.73 Å². The number of halogens is 1. The minimum Gasteiger partial charge on any atom is -0.394 e. The smallest absolute Gasteiger partial charge is 0.272 e. The molecule has 0 unspecified atom stereocenters. The van der Waals surface area contributed by atoms with E-state index < -0.39 is 11.4 Å². The van der Waals surface area contributed by atoms with Gasteiger partial charge in [-0.15, -0.1) is 0 Å². The summed E-state index contributed by atoms with van der Waals surface area (Å²) in [6.45, 7) is 1.96. The van der Waals surface area contributed by atoms with Gasteiger partial charge < -0.3 is 10.7 Å². The lowest BCUT2D eigenvalue weighted by Gasteiger charge is -2.14. The predicted octanol–water partition coefficient (Wildman–Crippen LogP) is 3.65. The van der Waals surface area contributed by atoms with Gasteiger partial charge in [-0.3, -0.25) is 14.9 Å². The van der Waals surface area contributed by atoms with E-state index in [9.17, 15) is 9.18 Å². The Morgan fingerprint density at radius 1 is 1.11 bits per heavy atom. The molecular weight excluding hydrogens is 345 g/mol. The Morgan fingerprint density at radius 2 is 1.96 bits per heavy atom. The molecule has 0 aliphatic rings. The summed E-state index contributed by atoms with van der Waals surface area (Å²) in [5.41, 5.74) is 9.78. The van der Waals surface area contributed by atoms with Gasteiger partial charge in [0.05, 0.1) is 17.2 Å². The van der Waals surface area contributed by atoms with E-state index in [-0.39, 0.29) is 11.2 Å². The average molecular weight is 359 g/mol. The number of aromatic nitrogens is 4. The molecule has 4 N–H and O–H groups in total. The fraction of sp³-hybridized carbons (Fsp3) is 0.0500. The predicted molar refractivity (Wildman–Crippen MR) is 104 cm³/mol. The van der Waals surface area contributed by atoms with Crippen molar-refractivity contribution < 1.29 is 4.39 Å².